The van der Waals surface area contributed by atoms with Crippen LogP contribution in [0.25, 0.3) is 17.1 Å². The predicted molar refractivity (Wildman–Crippen MR) is 175 cm³/mol. The van der Waals surface area contributed by atoms with E-state index in [1.807, 2.05) is 43.3 Å². The molecule has 234 valence electrons. The Morgan fingerprint density at radius 3 is 2.47 bits per heavy atom. The van der Waals surface area contributed by atoms with Gasteiger partial charge in [-0.05, 0) is 85.4 Å². The number of amides is 1. The van der Waals surface area contributed by atoms with Crippen molar-refractivity contribution in [3.63, 3.8) is 0 Å². The molecule has 0 saturated carbocycles. The summed E-state index contributed by atoms with van der Waals surface area (Å²) in [6, 6.07) is 19.1. The molecule has 0 bridgehead atoms. The first-order valence-electron chi connectivity index (χ1n) is 14.2. The van der Waals surface area contributed by atoms with Crippen LogP contribution in [0.3, 0.4) is 0 Å². The summed E-state index contributed by atoms with van der Waals surface area (Å²) < 4.78 is 42.7. The van der Waals surface area contributed by atoms with Crippen LogP contribution in [0.1, 0.15) is 43.4 Å². The minimum absolute atomic E-state index is 0.0186. The summed E-state index contributed by atoms with van der Waals surface area (Å²) in [4.78, 5) is 23.5. The largest absolute Gasteiger partial charge is 0.573 e. The Balaban J connectivity index is 1.20. The molecule has 4 aromatic rings. The number of nitrogens with zero attached hydrogens (tertiary/aromatic N) is 5. The molecule has 0 aliphatic carbocycles. The van der Waals surface area contributed by atoms with E-state index >= 15 is 0 Å². The number of hydrogen-bond donors (Lipinski definition) is 1. The number of carbonyl (C=O) groups excluding carboxylic acids is 1. The van der Waals surface area contributed by atoms with Gasteiger partial charge in [-0.15, -0.1) is 18.3 Å². The molecule has 8 nitrogen and oxygen atoms in total. The Bertz CT molecular complexity index is 1720. The molecule has 0 radical (unpaired) electrons. The summed E-state index contributed by atoms with van der Waals surface area (Å²) in [6.45, 7) is 8.29. The molecule has 45 heavy (non-hydrogen) atoms. The van der Waals surface area contributed by atoms with Gasteiger partial charge in [0.1, 0.15) is 12.1 Å². The van der Waals surface area contributed by atoms with Crippen LogP contribution in [0, 0.1) is 6.92 Å². The van der Waals surface area contributed by atoms with Gasteiger partial charge in [0.15, 0.2) is 16.1 Å². The Morgan fingerprint density at radius 1 is 1.09 bits per heavy atom. The van der Waals surface area contributed by atoms with Crippen LogP contribution in [0.5, 0.6) is 5.75 Å². The third-order valence-corrected chi connectivity index (χ3v) is 8.17. The quantitative estimate of drug-likeness (QED) is 0.202. The van der Waals surface area contributed by atoms with Gasteiger partial charge in [0.2, 0.25) is 5.91 Å². The second-order valence-electron chi connectivity index (χ2n) is 10.9. The van der Waals surface area contributed by atoms with Crippen molar-refractivity contribution >= 4 is 45.9 Å². The first-order valence-corrected chi connectivity index (χ1v) is 15.6. The zero-order valence-corrected chi connectivity index (χ0v) is 26.6. The lowest BCUT2D eigenvalue weighted by Crippen LogP contribution is -2.35. The van der Waals surface area contributed by atoms with Crippen LogP contribution in [-0.4, -0.2) is 49.1 Å². The number of rotatable bonds is 8. The van der Waals surface area contributed by atoms with Crippen molar-refractivity contribution in [1.29, 1.82) is 0 Å². The second kappa shape index (κ2) is 13.4. The summed E-state index contributed by atoms with van der Waals surface area (Å²) in [5, 5.41) is 8.60. The molecule has 1 aromatic heterocycles. The average molecular weight is 653 g/mol. The van der Waals surface area contributed by atoms with E-state index in [0.717, 1.165) is 27.9 Å². The summed E-state index contributed by atoms with van der Waals surface area (Å²) in [5.74, 6) is 0.700. The van der Waals surface area contributed by atoms with Crippen LogP contribution in [0.15, 0.2) is 78.0 Å². The molecular formula is C32H31F3N6O2S2. The molecule has 5 rings (SSSR count). The van der Waals surface area contributed by atoms with Crippen molar-refractivity contribution in [2.45, 2.75) is 52.4 Å². The summed E-state index contributed by atoms with van der Waals surface area (Å²) in [7, 11) is 0. The van der Waals surface area contributed by atoms with Crippen molar-refractivity contribution in [2.24, 2.45) is 4.99 Å². The Morgan fingerprint density at radius 2 is 1.80 bits per heavy atom. The summed E-state index contributed by atoms with van der Waals surface area (Å²) in [5.41, 5.74) is 5.49. The van der Waals surface area contributed by atoms with E-state index in [1.165, 1.54) is 47.0 Å². The van der Waals surface area contributed by atoms with Crippen LogP contribution >= 0.6 is 24.0 Å². The fourth-order valence-corrected chi connectivity index (χ4v) is 6.35. The number of alkyl halides is 3. The number of thioether (sulfide) groups is 1. The maximum absolute atomic E-state index is 12.9. The van der Waals surface area contributed by atoms with E-state index in [-0.39, 0.29) is 23.6 Å². The monoisotopic (exact) mass is 652 g/mol. The summed E-state index contributed by atoms with van der Waals surface area (Å²) >= 11 is 6.95. The zero-order chi connectivity index (χ0) is 32.3. The van der Waals surface area contributed by atoms with Gasteiger partial charge in [-0.25, -0.2) is 9.67 Å². The molecule has 0 spiro atoms. The highest BCUT2D eigenvalue weighted by Crippen LogP contribution is 2.35. The molecule has 1 fully saturated rings. The van der Waals surface area contributed by atoms with Crippen molar-refractivity contribution in [1.82, 2.24) is 20.1 Å². The van der Waals surface area contributed by atoms with Gasteiger partial charge in [-0.1, -0.05) is 62.0 Å². The first-order chi connectivity index (χ1) is 21.4. The average Bonchev–Trinajstić information content (AvgIpc) is 3.59. The number of aryl methyl sites for hydroxylation is 1. The molecule has 13 heteroatoms. The predicted octanol–water partition coefficient (Wildman–Crippen LogP) is 7.21. The molecule has 1 atom stereocenters. The number of amidine groups is 1. The third-order valence-electron chi connectivity index (χ3n) is 7.03. The highest BCUT2D eigenvalue weighted by atomic mass is 32.2. The number of halogens is 3. The van der Waals surface area contributed by atoms with E-state index in [9.17, 15) is 18.0 Å². The van der Waals surface area contributed by atoms with E-state index in [0.29, 0.717) is 34.0 Å². The number of aromatic nitrogens is 3. The molecule has 1 aliphatic rings. The van der Waals surface area contributed by atoms with Gasteiger partial charge in [-0.3, -0.25) is 9.69 Å². The smallest absolute Gasteiger partial charge is 0.406 e. The highest BCUT2D eigenvalue weighted by molar-refractivity contribution is 8.15. The molecule has 1 unspecified atom stereocenters. The van der Waals surface area contributed by atoms with Crippen molar-refractivity contribution in [3.05, 3.63) is 89.7 Å². The third kappa shape index (κ3) is 7.90. The van der Waals surface area contributed by atoms with Gasteiger partial charge < -0.3 is 10.1 Å². The summed E-state index contributed by atoms with van der Waals surface area (Å²) in [6.07, 6.45) is -2.58. The number of aliphatic imine (C=N–C) groups is 1. The lowest BCUT2D eigenvalue weighted by atomic mass is 9.95. The minimum atomic E-state index is -4.75. The second-order valence-corrected chi connectivity index (χ2v) is 12.2. The van der Waals surface area contributed by atoms with Gasteiger partial charge in [-0.2, -0.15) is 4.99 Å². The topological polar surface area (TPSA) is 84.6 Å². The molecule has 1 N–H and O–H groups in total. The first kappa shape index (κ1) is 32.2. The fourth-order valence-electron chi connectivity index (χ4n) is 5.14. The van der Waals surface area contributed by atoms with Crippen LogP contribution in [-0.2, 0) is 11.2 Å². The number of anilines is 1. The normalized spacial score (nSPS) is 15.2. The lowest BCUT2D eigenvalue weighted by Gasteiger charge is -2.23. The number of benzene rings is 3. The van der Waals surface area contributed by atoms with Crippen molar-refractivity contribution < 1.29 is 22.7 Å². The lowest BCUT2D eigenvalue weighted by molar-refractivity contribution is -0.274. The van der Waals surface area contributed by atoms with Crippen molar-refractivity contribution in [3.8, 4) is 22.8 Å². The van der Waals surface area contributed by atoms with Crippen LogP contribution < -0.4 is 15.0 Å². The Kier molecular flexibility index (Phi) is 9.59. The maximum atomic E-state index is 12.9. The SMILES string of the molecule is Cc1cccc(N2C(=O)CSC2=NC(=S)NC(C)Cc2ccc(-c3ncn(-c4ccc(OC(F)(F)F)cc4)n3)cc2)c1C(C)C. The van der Waals surface area contributed by atoms with Gasteiger partial charge >= 0.3 is 6.36 Å². The Labute approximate surface area is 268 Å². The number of carbonyl (C=O) groups is 1. The van der Waals surface area contributed by atoms with Crippen LogP contribution in [0.4, 0.5) is 18.9 Å². The van der Waals surface area contributed by atoms with E-state index in [4.69, 9.17) is 12.2 Å². The standard InChI is InChI=1S/C32H31F3N6O2S2/c1-19(2)28-20(3)6-5-7-26(28)41-27(42)17-45-31(41)38-30(44)37-21(4)16-22-8-10-23(11-9-22)29-36-18-40(39-29)24-12-14-25(15-13-24)43-32(33,34)35/h5-15,18-19,21H,16-17H2,1-4H3,(H,37,44). The maximum Gasteiger partial charge on any atom is 0.573 e. The molecule has 1 saturated heterocycles. The highest BCUT2D eigenvalue weighted by Gasteiger charge is 2.33. The van der Waals surface area contributed by atoms with E-state index in [1.54, 1.807) is 4.90 Å². The molecular weight excluding hydrogens is 622 g/mol. The molecule has 2 heterocycles. The number of hydrogen-bond acceptors (Lipinski definition) is 6. The molecule has 3 aromatic carbocycles. The van der Waals surface area contributed by atoms with E-state index < -0.39 is 6.36 Å². The molecule has 1 amide bonds. The van der Waals surface area contributed by atoms with Crippen LogP contribution in [0.2, 0.25) is 0 Å². The zero-order valence-electron chi connectivity index (χ0n) is 25.0. The Hall–Kier alpha value is -4.23. The van der Waals surface area contributed by atoms with E-state index in [2.05, 4.69) is 52.0 Å². The number of nitrogens with one attached hydrogen (secondary N) is 1. The van der Waals surface area contributed by atoms with Gasteiger partial charge in [0.25, 0.3) is 0 Å². The van der Waals surface area contributed by atoms with Gasteiger partial charge in [0.05, 0.1) is 17.1 Å². The minimum Gasteiger partial charge on any atom is -0.406 e. The van der Waals surface area contributed by atoms with Gasteiger partial charge in [0, 0.05) is 11.6 Å². The number of thiocarbonyl (C=S) groups is 1. The fraction of sp³-hybridized carbons (Fsp3) is 0.281. The molecule has 1 aliphatic heterocycles. The number of ether oxygens (including phenoxy) is 1. The van der Waals surface area contributed by atoms with Crippen molar-refractivity contribution in [2.75, 3.05) is 10.7 Å².